The number of ether oxygens (including phenoxy) is 1. The van der Waals surface area contributed by atoms with Gasteiger partial charge < -0.3 is 10.1 Å². The summed E-state index contributed by atoms with van der Waals surface area (Å²) in [6.07, 6.45) is 2.63. The largest absolute Gasteiger partial charge is 0.484 e. The zero-order valence-corrected chi connectivity index (χ0v) is 11.7. The van der Waals surface area contributed by atoms with Gasteiger partial charge in [0.1, 0.15) is 11.6 Å². The van der Waals surface area contributed by atoms with Gasteiger partial charge in [0.2, 0.25) is 0 Å². The molecule has 0 spiro atoms. The predicted molar refractivity (Wildman–Crippen MR) is 77.8 cm³/mol. The molecule has 20 heavy (non-hydrogen) atoms. The Morgan fingerprint density at radius 3 is 2.80 bits per heavy atom. The Kier molecular flexibility index (Phi) is 4.76. The molecule has 2 aromatic rings. The molecular weight excluding hydrogens is 254 g/mol. The third-order valence-electron chi connectivity index (χ3n) is 3.06. The van der Waals surface area contributed by atoms with Crippen LogP contribution in [-0.2, 0) is 4.79 Å². The first-order chi connectivity index (χ1) is 9.70. The zero-order chi connectivity index (χ0) is 14.4. The van der Waals surface area contributed by atoms with E-state index in [9.17, 15) is 4.79 Å². The van der Waals surface area contributed by atoms with Crippen LogP contribution in [0.2, 0.25) is 0 Å². The summed E-state index contributed by atoms with van der Waals surface area (Å²) in [5.74, 6) is 1.18. The lowest BCUT2D eigenvalue weighted by atomic mass is 10.3. The number of nitrogens with zero attached hydrogens (tertiary/aromatic N) is 2. The van der Waals surface area contributed by atoms with Crippen molar-refractivity contribution in [1.82, 2.24) is 9.78 Å². The second-order valence-electron chi connectivity index (χ2n) is 4.57. The van der Waals surface area contributed by atoms with Crippen LogP contribution in [0.25, 0.3) is 0 Å². The first-order valence-corrected chi connectivity index (χ1v) is 6.72. The van der Waals surface area contributed by atoms with Gasteiger partial charge in [-0.15, -0.1) is 0 Å². The van der Waals surface area contributed by atoms with Crippen LogP contribution in [-0.4, -0.2) is 22.3 Å². The molecule has 0 radical (unpaired) electrons. The maximum atomic E-state index is 11.9. The quantitative estimate of drug-likeness (QED) is 0.880. The minimum absolute atomic E-state index is 0.0182. The number of hydrogen-bond donors (Lipinski definition) is 1. The van der Waals surface area contributed by atoms with Gasteiger partial charge in [0.25, 0.3) is 5.91 Å². The minimum Gasteiger partial charge on any atom is -0.484 e. The molecule has 0 bridgehead atoms. The van der Waals surface area contributed by atoms with Gasteiger partial charge in [-0.1, -0.05) is 25.1 Å². The summed E-state index contributed by atoms with van der Waals surface area (Å²) >= 11 is 0. The monoisotopic (exact) mass is 273 g/mol. The van der Waals surface area contributed by atoms with Gasteiger partial charge >= 0.3 is 0 Å². The first-order valence-electron chi connectivity index (χ1n) is 6.72. The summed E-state index contributed by atoms with van der Waals surface area (Å²) in [5.41, 5.74) is 0. The molecular formula is C15H19N3O2. The van der Waals surface area contributed by atoms with Crippen molar-refractivity contribution in [3.8, 4) is 5.75 Å². The van der Waals surface area contributed by atoms with E-state index in [2.05, 4.69) is 24.3 Å². The third-order valence-corrected chi connectivity index (χ3v) is 3.06. The van der Waals surface area contributed by atoms with Crippen LogP contribution in [0.15, 0.2) is 42.6 Å². The van der Waals surface area contributed by atoms with E-state index in [4.69, 9.17) is 4.74 Å². The highest BCUT2D eigenvalue weighted by molar-refractivity contribution is 5.91. The molecule has 0 saturated carbocycles. The van der Waals surface area contributed by atoms with Crippen LogP contribution in [0.4, 0.5) is 5.82 Å². The van der Waals surface area contributed by atoms with Gasteiger partial charge in [-0.25, -0.2) is 4.68 Å². The lowest BCUT2D eigenvalue weighted by molar-refractivity contribution is -0.118. The molecule has 1 aromatic heterocycles. The number of para-hydroxylation sites is 1. The van der Waals surface area contributed by atoms with Crippen LogP contribution in [0.3, 0.4) is 0 Å². The molecule has 1 N–H and O–H groups in total. The van der Waals surface area contributed by atoms with E-state index < -0.39 is 0 Å². The van der Waals surface area contributed by atoms with Gasteiger partial charge in [0.15, 0.2) is 6.61 Å². The highest BCUT2D eigenvalue weighted by atomic mass is 16.5. The Bertz CT molecular complexity index is 551. The van der Waals surface area contributed by atoms with Crippen LogP contribution in [0.1, 0.15) is 26.3 Å². The maximum Gasteiger partial charge on any atom is 0.263 e. The second kappa shape index (κ2) is 6.75. The molecule has 1 heterocycles. The Hall–Kier alpha value is -2.30. The molecule has 5 nitrogen and oxygen atoms in total. The summed E-state index contributed by atoms with van der Waals surface area (Å²) in [6, 6.07) is 11.3. The minimum atomic E-state index is -0.195. The van der Waals surface area contributed by atoms with E-state index >= 15 is 0 Å². The van der Waals surface area contributed by atoms with Crippen LogP contribution >= 0.6 is 0 Å². The second-order valence-corrected chi connectivity index (χ2v) is 4.57. The maximum absolute atomic E-state index is 11.9. The Labute approximate surface area is 118 Å². The Morgan fingerprint density at radius 1 is 1.35 bits per heavy atom. The van der Waals surface area contributed by atoms with Crippen molar-refractivity contribution in [3.63, 3.8) is 0 Å². The molecule has 0 aliphatic heterocycles. The molecule has 0 aliphatic carbocycles. The van der Waals surface area contributed by atoms with Crippen molar-refractivity contribution >= 4 is 11.7 Å². The summed E-state index contributed by atoms with van der Waals surface area (Å²) in [4.78, 5) is 11.9. The number of carbonyl (C=O) groups is 1. The zero-order valence-electron chi connectivity index (χ0n) is 11.7. The van der Waals surface area contributed by atoms with Crippen LogP contribution < -0.4 is 10.1 Å². The number of carbonyl (C=O) groups excluding carboxylic acids is 1. The molecule has 0 unspecified atom stereocenters. The number of rotatable bonds is 6. The molecule has 1 atom stereocenters. The van der Waals surface area contributed by atoms with Crippen molar-refractivity contribution < 1.29 is 9.53 Å². The summed E-state index contributed by atoms with van der Waals surface area (Å²) < 4.78 is 7.21. The van der Waals surface area contributed by atoms with E-state index in [1.165, 1.54) is 0 Å². The lowest BCUT2D eigenvalue weighted by Crippen LogP contribution is -2.22. The topological polar surface area (TPSA) is 56.2 Å². The number of aromatic nitrogens is 2. The van der Waals surface area contributed by atoms with Crippen molar-refractivity contribution in [3.05, 3.63) is 42.6 Å². The van der Waals surface area contributed by atoms with Gasteiger partial charge in [0, 0.05) is 6.07 Å². The molecule has 0 aliphatic rings. The molecule has 0 fully saturated rings. The molecule has 106 valence electrons. The van der Waals surface area contributed by atoms with E-state index in [0.717, 1.165) is 6.42 Å². The van der Waals surface area contributed by atoms with Gasteiger partial charge in [-0.2, -0.15) is 5.10 Å². The summed E-state index contributed by atoms with van der Waals surface area (Å²) in [7, 11) is 0. The molecule has 1 amide bonds. The summed E-state index contributed by atoms with van der Waals surface area (Å²) in [5, 5.41) is 7.03. The number of amides is 1. The standard InChI is InChI=1S/C15H19N3O2/c1-3-12(2)18-14(9-10-16-18)17-15(19)11-20-13-7-5-4-6-8-13/h4-10,12H,3,11H2,1-2H3,(H,17,19)/t12-/m0/s1. The van der Waals surface area contributed by atoms with Crippen molar-refractivity contribution in [2.24, 2.45) is 0 Å². The van der Waals surface area contributed by atoms with Crippen molar-refractivity contribution in [2.75, 3.05) is 11.9 Å². The Balaban J connectivity index is 1.90. The third kappa shape index (κ3) is 3.60. The van der Waals surface area contributed by atoms with Crippen LogP contribution in [0, 0.1) is 0 Å². The fraction of sp³-hybridized carbons (Fsp3) is 0.333. The van der Waals surface area contributed by atoms with E-state index in [1.54, 1.807) is 16.9 Å². The highest BCUT2D eigenvalue weighted by Gasteiger charge is 2.11. The predicted octanol–water partition coefficient (Wildman–Crippen LogP) is 2.87. The van der Waals surface area contributed by atoms with E-state index in [1.807, 2.05) is 30.3 Å². The van der Waals surface area contributed by atoms with Gasteiger partial charge in [0.05, 0.1) is 12.2 Å². The number of benzene rings is 1. The number of hydrogen-bond acceptors (Lipinski definition) is 3. The van der Waals surface area contributed by atoms with Gasteiger partial charge in [-0.05, 0) is 25.5 Å². The average Bonchev–Trinajstić information content (AvgIpc) is 2.93. The fourth-order valence-corrected chi connectivity index (χ4v) is 1.78. The normalized spacial score (nSPS) is 11.9. The van der Waals surface area contributed by atoms with E-state index in [0.29, 0.717) is 11.6 Å². The van der Waals surface area contributed by atoms with Gasteiger partial charge in [-0.3, -0.25) is 4.79 Å². The van der Waals surface area contributed by atoms with Crippen LogP contribution in [0.5, 0.6) is 5.75 Å². The Morgan fingerprint density at radius 2 is 2.10 bits per heavy atom. The van der Waals surface area contributed by atoms with E-state index in [-0.39, 0.29) is 18.6 Å². The average molecular weight is 273 g/mol. The van der Waals surface area contributed by atoms with Crippen molar-refractivity contribution in [2.45, 2.75) is 26.3 Å². The first kappa shape index (κ1) is 14.1. The fourth-order valence-electron chi connectivity index (χ4n) is 1.78. The molecule has 2 rings (SSSR count). The summed E-state index contributed by atoms with van der Waals surface area (Å²) in [6.45, 7) is 4.12. The number of anilines is 1. The molecule has 0 saturated heterocycles. The smallest absolute Gasteiger partial charge is 0.263 e. The highest BCUT2D eigenvalue weighted by Crippen LogP contribution is 2.16. The number of nitrogens with one attached hydrogen (secondary N) is 1. The SMILES string of the molecule is CC[C@H](C)n1nccc1NC(=O)COc1ccccc1. The molecule has 5 heteroatoms. The lowest BCUT2D eigenvalue weighted by Gasteiger charge is -2.14. The molecule has 1 aromatic carbocycles. The van der Waals surface area contributed by atoms with Crippen molar-refractivity contribution in [1.29, 1.82) is 0 Å².